The van der Waals surface area contributed by atoms with Crippen LogP contribution in [0.4, 0.5) is 0 Å². The summed E-state index contributed by atoms with van der Waals surface area (Å²) in [4.78, 5) is 32.3. The number of halogens is 1. The highest BCUT2D eigenvalue weighted by molar-refractivity contribution is 5.97. The zero-order chi connectivity index (χ0) is 17.4. The van der Waals surface area contributed by atoms with E-state index in [-0.39, 0.29) is 35.7 Å². The number of carbonyl (C=O) groups is 2. The molecule has 0 radical (unpaired) electrons. The van der Waals surface area contributed by atoms with E-state index in [0.29, 0.717) is 30.0 Å². The molecule has 1 aromatic rings. The molecular weight excluding hydrogens is 328 g/mol. The van der Waals surface area contributed by atoms with Gasteiger partial charge in [0.05, 0.1) is 11.3 Å². The Hall–Kier alpha value is -1.66. The molecule has 6 nitrogen and oxygen atoms in total. The molecule has 1 aliphatic rings. The van der Waals surface area contributed by atoms with Gasteiger partial charge in [0, 0.05) is 33.2 Å². The van der Waals surface area contributed by atoms with Crippen LogP contribution in [-0.2, 0) is 0 Å². The van der Waals surface area contributed by atoms with Crippen LogP contribution in [0.5, 0.6) is 0 Å². The van der Waals surface area contributed by atoms with Crippen molar-refractivity contribution in [2.24, 2.45) is 11.1 Å². The zero-order valence-corrected chi connectivity index (χ0v) is 15.8. The molecule has 0 saturated carbocycles. The first-order valence-corrected chi connectivity index (χ1v) is 7.87. The number of nitrogens with two attached hydrogens (primary N) is 1. The Kier molecular flexibility index (Phi) is 6.36. The van der Waals surface area contributed by atoms with Gasteiger partial charge in [-0.05, 0) is 30.9 Å². The third-order valence-corrected chi connectivity index (χ3v) is 4.54. The van der Waals surface area contributed by atoms with Crippen molar-refractivity contribution in [2.45, 2.75) is 33.2 Å². The number of aromatic nitrogens is 1. The number of pyridine rings is 1. The zero-order valence-electron chi connectivity index (χ0n) is 15.0. The summed E-state index contributed by atoms with van der Waals surface area (Å²) in [5.74, 6) is -0.212. The molecule has 2 amide bonds. The van der Waals surface area contributed by atoms with Gasteiger partial charge in [0.25, 0.3) is 11.8 Å². The lowest BCUT2D eigenvalue weighted by Gasteiger charge is -2.42. The van der Waals surface area contributed by atoms with Crippen LogP contribution >= 0.6 is 12.4 Å². The Morgan fingerprint density at radius 1 is 1.33 bits per heavy atom. The van der Waals surface area contributed by atoms with E-state index in [2.05, 4.69) is 18.8 Å². The van der Waals surface area contributed by atoms with Crippen LogP contribution in [0, 0.1) is 12.3 Å². The summed E-state index contributed by atoms with van der Waals surface area (Å²) in [6.45, 7) is 7.22. The van der Waals surface area contributed by atoms with Crippen LogP contribution in [0.2, 0.25) is 0 Å². The Morgan fingerprint density at radius 3 is 2.46 bits per heavy atom. The average Bonchev–Trinajstić information content (AvgIpc) is 2.48. The van der Waals surface area contributed by atoms with Crippen molar-refractivity contribution in [3.05, 3.63) is 29.1 Å². The number of carbonyl (C=O) groups excluding carboxylic acids is 2. The first kappa shape index (κ1) is 20.4. The summed E-state index contributed by atoms with van der Waals surface area (Å²) in [6.07, 6.45) is 0.794. The van der Waals surface area contributed by atoms with E-state index in [4.69, 9.17) is 5.73 Å². The summed E-state index contributed by atoms with van der Waals surface area (Å²) in [7, 11) is 3.36. The van der Waals surface area contributed by atoms with Crippen molar-refractivity contribution >= 4 is 24.2 Å². The van der Waals surface area contributed by atoms with Crippen molar-refractivity contribution in [2.75, 3.05) is 27.2 Å². The minimum Gasteiger partial charge on any atom is -0.343 e. The molecule has 134 valence electrons. The molecule has 1 aliphatic heterocycles. The molecule has 0 bridgehead atoms. The summed E-state index contributed by atoms with van der Waals surface area (Å²) in [6, 6.07) is 3.41. The molecule has 0 aromatic carbocycles. The molecule has 1 unspecified atom stereocenters. The molecule has 1 saturated heterocycles. The maximum Gasteiger partial charge on any atom is 0.271 e. The van der Waals surface area contributed by atoms with Crippen molar-refractivity contribution in [1.29, 1.82) is 0 Å². The Labute approximate surface area is 149 Å². The minimum absolute atomic E-state index is 0. The van der Waals surface area contributed by atoms with E-state index >= 15 is 0 Å². The van der Waals surface area contributed by atoms with Gasteiger partial charge in [-0.1, -0.05) is 13.8 Å². The molecular formula is C17H27ClN4O2. The highest BCUT2D eigenvalue weighted by atomic mass is 35.5. The van der Waals surface area contributed by atoms with Gasteiger partial charge < -0.3 is 15.5 Å². The maximum atomic E-state index is 12.8. The first-order valence-electron chi connectivity index (χ1n) is 7.87. The van der Waals surface area contributed by atoms with Gasteiger partial charge >= 0.3 is 0 Å². The largest absolute Gasteiger partial charge is 0.343 e. The molecule has 7 heteroatoms. The van der Waals surface area contributed by atoms with Crippen LogP contribution in [0.25, 0.3) is 0 Å². The van der Waals surface area contributed by atoms with Crippen molar-refractivity contribution in [3.63, 3.8) is 0 Å². The number of rotatable bonds is 2. The van der Waals surface area contributed by atoms with Gasteiger partial charge in [0.1, 0.15) is 5.69 Å². The summed E-state index contributed by atoms with van der Waals surface area (Å²) in [5, 5.41) is 0. The Balaban J connectivity index is 0.00000288. The highest BCUT2D eigenvalue weighted by Gasteiger charge is 2.36. The molecule has 1 aromatic heterocycles. The molecule has 0 aliphatic carbocycles. The Bertz CT molecular complexity index is 631. The molecule has 2 rings (SSSR count). The quantitative estimate of drug-likeness (QED) is 0.876. The van der Waals surface area contributed by atoms with Crippen LogP contribution in [0.3, 0.4) is 0 Å². The second-order valence-electron chi connectivity index (χ2n) is 7.14. The second kappa shape index (κ2) is 7.49. The predicted molar refractivity (Wildman–Crippen MR) is 96.5 cm³/mol. The fraction of sp³-hybridized carbons (Fsp3) is 0.588. The van der Waals surface area contributed by atoms with Crippen molar-refractivity contribution in [3.8, 4) is 0 Å². The molecule has 2 N–H and O–H groups in total. The molecule has 24 heavy (non-hydrogen) atoms. The number of likely N-dealkylation sites (tertiary alicyclic amines) is 1. The maximum absolute atomic E-state index is 12.8. The lowest BCUT2D eigenvalue weighted by atomic mass is 9.79. The van der Waals surface area contributed by atoms with Gasteiger partial charge in [0.15, 0.2) is 0 Å². The fourth-order valence-electron chi connectivity index (χ4n) is 2.85. The summed E-state index contributed by atoms with van der Waals surface area (Å²) >= 11 is 0. The topological polar surface area (TPSA) is 79.5 Å². The first-order chi connectivity index (χ1) is 10.6. The summed E-state index contributed by atoms with van der Waals surface area (Å²) in [5.41, 5.74) is 7.51. The van der Waals surface area contributed by atoms with E-state index in [1.165, 1.54) is 4.90 Å². The van der Waals surface area contributed by atoms with E-state index in [1.54, 1.807) is 33.2 Å². The van der Waals surface area contributed by atoms with Gasteiger partial charge in [-0.2, -0.15) is 0 Å². The normalized spacial score (nSPS) is 19.4. The van der Waals surface area contributed by atoms with Crippen LogP contribution in [-0.4, -0.2) is 59.8 Å². The molecule has 0 spiro atoms. The summed E-state index contributed by atoms with van der Waals surface area (Å²) < 4.78 is 0. The van der Waals surface area contributed by atoms with Crippen LogP contribution in [0.15, 0.2) is 12.1 Å². The predicted octanol–water partition coefficient (Wildman–Crippen LogP) is 1.71. The SMILES string of the molecule is Cc1nc(C(=O)N(C)C)ccc1C(=O)N1CCC(N)C(C)(C)C1.Cl. The van der Waals surface area contributed by atoms with E-state index < -0.39 is 0 Å². The van der Waals surface area contributed by atoms with E-state index in [1.807, 2.05) is 4.90 Å². The number of hydrogen-bond acceptors (Lipinski definition) is 4. The van der Waals surface area contributed by atoms with Crippen LogP contribution < -0.4 is 5.73 Å². The van der Waals surface area contributed by atoms with Crippen molar-refractivity contribution < 1.29 is 9.59 Å². The number of piperidine rings is 1. The van der Waals surface area contributed by atoms with E-state index in [9.17, 15) is 9.59 Å². The lowest BCUT2D eigenvalue weighted by Crippen LogP contribution is -2.54. The number of hydrogen-bond donors (Lipinski definition) is 1. The smallest absolute Gasteiger partial charge is 0.271 e. The standard InChI is InChI=1S/C17H26N4O2.ClH/c1-11-12(6-7-13(19-11)16(23)20(4)5)15(22)21-9-8-14(18)17(2,3)10-21;/h6-7,14H,8-10,18H2,1-5H3;1H. The fourth-order valence-corrected chi connectivity index (χ4v) is 2.85. The lowest BCUT2D eigenvalue weighted by molar-refractivity contribution is 0.0531. The van der Waals surface area contributed by atoms with Crippen LogP contribution in [0.1, 0.15) is 46.8 Å². The second-order valence-corrected chi connectivity index (χ2v) is 7.14. The van der Waals surface area contributed by atoms with Gasteiger partial charge in [-0.25, -0.2) is 4.98 Å². The number of nitrogens with zero attached hydrogens (tertiary/aromatic N) is 3. The Morgan fingerprint density at radius 2 is 1.96 bits per heavy atom. The van der Waals surface area contributed by atoms with E-state index in [0.717, 1.165) is 6.42 Å². The van der Waals surface area contributed by atoms with Gasteiger partial charge in [-0.15, -0.1) is 12.4 Å². The third kappa shape index (κ3) is 4.05. The van der Waals surface area contributed by atoms with Crippen molar-refractivity contribution in [1.82, 2.24) is 14.8 Å². The monoisotopic (exact) mass is 354 g/mol. The third-order valence-electron chi connectivity index (χ3n) is 4.54. The molecule has 1 fully saturated rings. The number of aryl methyl sites for hydroxylation is 1. The van der Waals surface area contributed by atoms with Gasteiger partial charge in [-0.3, -0.25) is 9.59 Å². The molecule has 1 atom stereocenters. The minimum atomic E-state index is -0.169. The number of amides is 2. The highest BCUT2D eigenvalue weighted by Crippen LogP contribution is 2.28. The molecule has 2 heterocycles. The average molecular weight is 355 g/mol. The van der Waals surface area contributed by atoms with Gasteiger partial charge in [0.2, 0.25) is 0 Å².